The van der Waals surface area contributed by atoms with Crippen LogP contribution in [0.25, 0.3) is 11.3 Å². The summed E-state index contributed by atoms with van der Waals surface area (Å²) in [4.78, 5) is 16.4. The number of hydrogen-bond acceptors (Lipinski definition) is 8. The van der Waals surface area contributed by atoms with Crippen LogP contribution in [-0.2, 0) is 4.79 Å². The van der Waals surface area contributed by atoms with Gasteiger partial charge in [0, 0.05) is 31.7 Å². The number of methoxy groups -OCH3 is 2. The first-order chi connectivity index (χ1) is 16.6. The molecule has 0 unspecified atom stereocenters. The predicted octanol–water partition coefficient (Wildman–Crippen LogP) is 2.76. The van der Waals surface area contributed by atoms with Gasteiger partial charge in [0.05, 0.1) is 31.5 Å². The molecule has 1 amide bonds. The first-order valence-corrected chi connectivity index (χ1v) is 10.8. The molecule has 3 aromatic rings. The minimum Gasteiger partial charge on any atom is -0.497 e. The summed E-state index contributed by atoms with van der Waals surface area (Å²) in [6, 6.07) is 18.1. The highest BCUT2D eigenvalue weighted by atomic mass is 16.5. The van der Waals surface area contributed by atoms with Gasteiger partial charge >= 0.3 is 0 Å². The zero-order chi connectivity index (χ0) is 23.9. The molecule has 4 rings (SSSR count). The minimum absolute atomic E-state index is 0.0389. The van der Waals surface area contributed by atoms with E-state index < -0.39 is 0 Å². The second-order valence-corrected chi connectivity index (χ2v) is 7.64. The van der Waals surface area contributed by atoms with Crippen molar-refractivity contribution in [3.63, 3.8) is 0 Å². The summed E-state index contributed by atoms with van der Waals surface area (Å²) in [5, 5.41) is 17.6. The van der Waals surface area contributed by atoms with E-state index in [1.54, 1.807) is 43.4 Å². The van der Waals surface area contributed by atoms with Gasteiger partial charge in [-0.3, -0.25) is 4.79 Å². The third kappa shape index (κ3) is 5.18. The average Bonchev–Trinajstić information content (AvgIpc) is 2.91. The molecule has 0 aliphatic carbocycles. The molecule has 9 heteroatoms. The second kappa shape index (κ2) is 10.5. The molecule has 2 heterocycles. The van der Waals surface area contributed by atoms with Crippen LogP contribution < -0.4 is 19.1 Å². The number of nitriles is 1. The first-order valence-electron chi connectivity index (χ1n) is 10.8. The Bertz CT molecular complexity index is 1170. The number of amides is 1. The van der Waals surface area contributed by atoms with Crippen molar-refractivity contribution >= 4 is 11.7 Å². The van der Waals surface area contributed by atoms with Crippen LogP contribution >= 0.6 is 0 Å². The normalized spacial score (nSPS) is 13.2. The van der Waals surface area contributed by atoms with Gasteiger partial charge < -0.3 is 24.0 Å². The molecule has 9 nitrogen and oxygen atoms in total. The Morgan fingerprint density at radius 1 is 0.941 bits per heavy atom. The zero-order valence-electron chi connectivity index (χ0n) is 19.1. The van der Waals surface area contributed by atoms with Gasteiger partial charge in [-0.2, -0.15) is 5.26 Å². The summed E-state index contributed by atoms with van der Waals surface area (Å²) in [7, 11) is 3.23. The molecule has 0 radical (unpaired) electrons. The van der Waals surface area contributed by atoms with E-state index in [0.717, 1.165) is 11.4 Å². The zero-order valence-corrected chi connectivity index (χ0v) is 19.1. The highest BCUT2D eigenvalue weighted by Gasteiger charge is 2.22. The number of anilines is 1. The van der Waals surface area contributed by atoms with Crippen molar-refractivity contribution in [2.24, 2.45) is 0 Å². The molecule has 0 saturated carbocycles. The molecule has 1 saturated heterocycles. The highest BCUT2D eigenvalue weighted by molar-refractivity contribution is 5.78. The number of hydrogen-bond donors (Lipinski definition) is 0. The third-order valence-corrected chi connectivity index (χ3v) is 5.64. The molecule has 1 fully saturated rings. The number of carbonyl (C=O) groups is 1. The monoisotopic (exact) mass is 459 g/mol. The maximum Gasteiger partial charge on any atom is 0.260 e. The van der Waals surface area contributed by atoms with Crippen LogP contribution in [0.4, 0.5) is 5.82 Å². The van der Waals surface area contributed by atoms with Crippen molar-refractivity contribution in [2.75, 3.05) is 51.9 Å². The van der Waals surface area contributed by atoms with E-state index in [9.17, 15) is 4.79 Å². The van der Waals surface area contributed by atoms with Crippen LogP contribution in [-0.4, -0.2) is 68.0 Å². The van der Waals surface area contributed by atoms with E-state index in [1.165, 1.54) is 0 Å². The van der Waals surface area contributed by atoms with Crippen LogP contribution in [0.5, 0.6) is 17.2 Å². The van der Waals surface area contributed by atoms with Crippen molar-refractivity contribution in [2.45, 2.75) is 0 Å². The Balaban J connectivity index is 1.32. The van der Waals surface area contributed by atoms with Gasteiger partial charge in [0.25, 0.3) is 5.91 Å². The Labute approximate surface area is 198 Å². The van der Waals surface area contributed by atoms with E-state index in [0.29, 0.717) is 54.7 Å². The summed E-state index contributed by atoms with van der Waals surface area (Å²) in [5.41, 5.74) is 2.04. The summed E-state index contributed by atoms with van der Waals surface area (Å²) in [5.74, 6) is 2.65. The number of benzene rings is 2. The van der Waals surface area contributed by atoms with Crippen LogP contribution in [0.2, 0.25) is 0 Å². The quantitative estimate of drug-likeness (QED) is 0.532. The van der Waals surface area contributed by atoms with Gasteiger partial charge in [0.1, 0.15) is 17.2 Å². The summed E-state index contributed by atoms with van der Waals surface area (Å²) in [6.07, 6.45) is 0. The molecule has 1 aliphatic heterocycles. The molecular weight excluding hydrogens is 434 g/mol. The Morgan fingerprint density at radius 2 is 1.68 bits per heavy atom. The van der Waals surface area contributed by atoms with Gasteiger partial charge in [0.2, 0.25) is 0 Å². The fourth-order valence-electron chi connectivity index (χ4n) is 3.70. The third-order valence-electron chi connectivity index (χ3n) is 5.64. The van der Waals surface area contributed by atoms with Crippen LogP contribution in [0.1, 0.15) is 5.56 Å². The van der Waals surface area contributed by atoms with Crippen molar-refractivity contribution in [3.8, 4) is 34.6 Å². The van der Waals surface area contributed by atoms with Gasteiger partial charge in [-0.05, 0) is 54.6 Å². The topological polar surface area (TPSA) is 101 Å². The molecule has 0 N–H and O–H groups in total. The number of rotatable bonds is 7. The largest absolute Gasteiger partial charge is 0.497 e. The SMILES string of the molecule is COc1ccc(OC)c(-c2ccc(N3CCN(C(=O)COc4ccc(C#N)cc4)CC3)nn2)c1. The van der Waals surface area contributed by atoms with Gasteiger partial charge in [0.15, 0.2) is 12.4 Å². The van der Waals surface area contributed by atoms with Crippen molar-refractivity contribution in [1.29, 1.82) is 5.26 Å². The van der Waals surface area contributed by atoms with Crippen molar-refractivity contribution < 1.29 is 19.0 Å². The smallest absolute Gasteiger partial charge is 0.260 e. The van der Waals surface area contributed by atoms with E-state index in [4.69, 9.17) is 19.5 Å². The summed E-state index contributed by atoms with van der Waals surface area (Å²) >= 11 is 0. The number of nitrogens with zero attached hydrogens (tertiary/aromatic N) is 5. The van der Waals surface area contributed by atoms with Crippen LogP contribution in [0, 0.1) is 11.3 Å². The number of carbonyl (C=O) groups excluding carboxylic acids is 1. The number of piperazine rings is 1. The fourth-order valence-corrected chi connectivity index (χ4v) is 3.70. The molecule has 1 aromatic heterocycles. The lowest BCUT2D eigenvalue weighted by molar-refractivity contribution is -0.133. The van der Waals surface area contributed by atoms with E-state index in [1.807, 2.05) is 30.3 Å². The minimum atomic E-state index is -0.0736. The Kier molecular flexibility index (Phi) is 7.08. The molecule has 34 heavy (non-hydrogen) atoms. The summed E-state index contributed by atoms with van der Waals surface area (Å²) in [6.45, 7) is 2.41. The fraction of sp³-hybridized carbons (Fsp3) is 0.280. The van der Waals surface area contributed by atoms with Gasteiger partial charge in [-0.25, -0.2) is 0 Å². The maximum absolute atomic E-state index is 12.5. The molecular formula is C25H25N5O4. The lowest BCUT2D eigenvalue weighted by Gasteiger charge is -2.35. The average molecular weight is 460 g/mol. The molecule has 174 valence electrons. The molecule has 0 bridgehead atoms. The summed E-state index contributed by atoms with van der Waals surface area (Å²) < 4.78 is 16.3. The number of ether oxygens (including phenoxy) is 3. The Hall–Kier alpha value is -4.32. The molecule has 2 aromatic carbocycles. The van der Waals surface area contributed by atoms with E-state index in [-0.39, 0.29) is 12.5 Å². The number of aromatic nitrogens is 2. The molecule has 1 aliphatic rings. The highest BCUT2D eigenvalue weighted by Crippen LogP contribution is 2.32. The standard InChI is InChI=1S/C25H25N5O4/c1-32-20-7-9-23(33-2)21(15-20)22-8-10-24(28-27-22)29-11-13-30(14-12-29)25(31)17-34-19-5-3-18(16-26)4-6-19/h3-10,15H,11-14,17H2,1-2H3. The molecule has 0 atom stereocenters. The first kappa shape index (κ1) is 22.9. The van der Waals surface area contributed by atoms with E-state index >= 15 is 0 Å². The molecule has 0 spiro atoms. The van der Waals surface area contributed by atoms with Crippen molar-refractivity contribution in [1.82, 2.24) is 15.1 Å². The van der Waals surface area contributed by atoms with E-state index in [2.05, 4.69) is 21.2 Å². The van der Waals surface area contributed by atoms with Gasteiger partial charge in [-0.15, -0.1) is 10.2 Å². The lowest BCUT2D eigenvalue weighted by Crippen LogP contribution is -2.50. The van der Waals surface area contributed by atoms with Crippen LogP contribution in [0.3, 0.4) is 0 Å². The van der Waals surface area contributed by atoms with Crippen LogP contribution in [0.15, 0.2) is 54.6 Å². The predicted molar refractivity (Wildman–Crippen MR) is 126 cm³/mol. The second-order valence-electron chi connectivity index (χ2n) is 7.64. The Morgan fingerprint density at radius 3 is 2.29 bits per heavy atom. The lowest BCUT2D eigenvalue weighted by atomic mass is 10.1. The maximum atomic E-state index is 12.5. The van der Waals surface area contributed by atoms with Crippen molar-refractivity contribution in [3.05, 3.63) is 60.2 Å². The van der Waals surface area contributed by atoms with Gasteiger partial charge in [-0.1, -0.05) is 0 Å².